The molecule has 0 spiro atoms. The molecule has 0 saturated carbocycles. The molecule has 132 valence electrons. The van der Waals surface area contributed by atoms with Crippen LogP contribution in [0.5, 0.6) is 0 Å². The van der Waals surface area contributed by atoms with Crippen LogP contribution < -0.4 is 14.7 Å². The van der Waals surface area contributed by atoms with E-state index in [0.29, 0.717) is 18.9 Å². The second-order valence-electron chi connectivity index (χ2n) is 6.12. The number of piperazine rings is 1. The van der Waals surface area contributed by atoms with E-state index < -0.39 is 0 Å². The molecule has 0 amide bonds. The minimum absolute atomic E-state index is 0.271. The van der Waals surface area contributed by atoms with Gasteiger partial charge in [-0.05, 0) is 12.1 Å². The van der Waals surface area contributed by atoms with E-state index in [9.17, 15) is 4.39 Å². The number of nitrogens with zero attached hydrogens (tertiary/aromatic N) is 6. The number of anilines is 3. The van der Waals surface area contributed by atoms with E-state index in [2.05, 4.69) is 24.8 Å². The summed E-state index contributed by atoms with van der Waals surface area (Å²) < 4.78 is 19.3. The fourth-order valence-electron chi connectivity index (χ4n) is 3.23. The van der Waals surface area contributed by atoms with E-state index in [1.165, 1.54) is 6.07 Å². The van der Waals surface area contributed by atoms with Crippen molar-refractivity contribution in [2.75, 3.05) is 67.2 Å². The van der Waals surface area contributed by atoms with E-state index in [1.807, 2.05) is 11.0 Å². The number of aromatic nitrogens is 3. The first-order valence-corrected chi connectivity index (χ1v) is 8.56. The molecule has 8 heteroatoms. The Hall–Kier alpha value is -2.48. The Morgan fingerprint density at radius 2 is 1.48 bits per heavy atom. The fraction of sp³-hybridized carbons (Fsp3) is 0.471. The Kier molecular flexibility index (Phi) is 4.60. The summed E-state index contributed by atoms with van der Waals surface area (Å²) >= 11 is 0. The zero-order valence-electron chi connectivity index (χ0n) is 14.0. The van der Waals surface area contributed by atoms with Gasteiger partial charge in [0.2, 0.25) is 0 Å². The Labute approximate surface area is 146 Å². The Balaban J connectivity index is 1.43. The van der Waals surface area contributed by atoms with Gasteiger partial charge >= 0.3 is 0 Å². The molecule has 7 nitrogen and oxygen atoms in total. The lowest BCUT2D eigenvalue weighted by Crippen LogP contribution is -2.47. The van der Waals surface area contributed by atoms with Crippen LogP contribution in [0.15, 0.2) is 30.7 Å². The minimum Gasteiger partial charge on any atom is -0.378 e. The van der Waals surface area contributed by atoms with E-state index in [-0.39, 0.29) is 5.82 Å². The minimum atomic E-state index is -0.271. The zero-order chi connectivity index (χ0) is 17.1. The lowest BCUT2D eigenvalue weighted by Gasteiger charge is -2.36. The maximum absolute atomic E-state index is 13.9. The topological polar surface area (TPSA) is 57.6 Å². The SMILES string of the molecule is Fc1cccnc1N1CCN(c2cc(N3CCOCC3)ncn2)CC1. The summed E-state index contributed by atoms with van der Waals surface area (Å²) in [5.41, 5.74) is 0. The molecule has 2 aliphatic heterocycles. The lowest BCUT2D eigenvalue weighted by molar-refractivity contribution is 0.122. The molecule has 4 heterocycles. The Bertz CT molecular complexity index is 716. The van der Waals surface area contributed by atoms with E-state index in [1.54, 1.807) is 18.6 Å². The number of hydrogen-bond donors (Lipinski definition) is 0. The van der Waals surface area contributed by atoms with Gasteiger partial charge < -0.3 is 19.4 Å². The largest absolute Gasteiger partial charge is 0.378 e. The predicted octanol–water partition coefficient (Wildman–Crippen LogP) is 1.17. The normalized spacial score (nSPS) is 18.5. The summed E-state index contributed by atoms with van der Waals surface area (Å²) in [6.45, 7) is 6.13. The molecule has 2 aromatic heterocycles. The molecule has 0 aromatic carbocycles. The lowest BCUT2D eigenvalue weighted by atomic mass is 10.3. The van der Waals surface area contributed by atoms with Crippen LogP contribution in [0.4, 0.5) is 21.8 Å². The highest BCUT2D eigenvalue weighted by Gasteiger charge is 2.22. The van der Waals surface area contributed by atoms with Gasteiger partial charge in [-0.3, -0.25) is 0 Å². The third-order valence-corrected chi connectivity index (χ3v) is 4.62. The maximum atomic E-state index is 13.9. The van der Waals surface area contributed by atoms with E-state index in [4.69, 9.17) is 4.74 Å². The number of hydrogen-bond acceptors (Lipinski definition) is 7. The van der Waals surface area contributed by atoms with Crippen molar-refractivity contribution in [3.63, 3.8) is 0 Å². The van der Waals surface area contributed by atoms with Crippen LogP contribution in [-0.2, 0) is 4.74 Å². The van der Waals surface area contributed by atoms with Gasteiger partial charge in [-0.25, -0.2) is 19.3 Å². The average Bonchev–Trinajstić information content (AvgIpc) is 2.69. The van der Waals surface area contributed by atoms with E-state index >= 15 is 0 Å². The molecule has 0 unspecified atom stereocenters. The summed E-state index contributed by atoms with van der Waals surface area (Å²) in [5, 5.41) is 0. The molecule has 0 atom stereocenters. The van der Waals surface area contributed by atoms with Gasteiger partial charge in [0.15, 0.2) is 11.6 Å². The van der Waals surface area contributed by atoms with Crippen molar-refractivity contribution in [3.05, 3.63) is 36.5 Å². The first kappa shape index (κ1) is 16.0. The Morgan fingerprint density at radius 1 is 0.840 bits per heavy atom. The fourth-order valence-corrected chi connectivity index (χ4v) is 3.23. The van der Waals surface area contributed by atoms with Gasteiger partial charge in [-0.1, -0.05) is 0 Å². The molecule has 0 radical (unpaired) electrons. The average molecular weight is 344 g/mol. The third-order valence-electron chi connectivity index (χ3n) is 4.62. The molecule has 4 rings (SSSR count). The molecular formula is C17H21FN6O. The molecule has 2 aromatic rings. The van der Waals surface area contributed by atoms with Gasteiger partial charge in [0, 0.05) is 51.5 Å². The number of rotatable bonds is 3. The van der Waals surface area contributed by atoms with Crippen LogP contribution >= 0.6 is 0 Å². The van der Waals surface area contributed by atoms with Gasteiger partial charge in [-0.15, -0.1) is 0 Å². The monoisotopic (exact) mass is 344 g/mol. The predicted molar refractivity (Wildman–Crippen MR) is 93.7 cm³/mol. The standard InChI is InChI=1S/C17H21FN6O/c18-14-2-1-3-19-17(14)24-6-4-22(5-7-24)15-12-16(21-13-20-15)23-8-10-25-11-9-23/h1-3,12-13H,4-11H2. The summed E-state index contributed by atoms with van der Waals surface area (Å²) in [5.74, 6) is 2.01. The molecule has 2 saturated heterocycles. The van der Waals surface area contributed by atoms with Gasteiger partial charge in [-0.2, -0.15) is 0 Å². The maximum Gasteiger partial charge on any atom is 0.165 e. The van der Waals surface area contributed by atoms with Crippen LogP contribution in [0.1, 0.15) is 0 Å². The second-order valence-corrected chi connectivity index (χ2v) is 6.12. The molecule has 0 bridgehead atoms. The first-order valence-electron chi connectivity index (χ1n) is 8.56. The van der Waals surface area contributed by atoms with Crippen molar-refractivity contribution in [1.29, 1.82) is 0 Å². The number of pyridine rings is 1. The van der Waals surface area contributed by atoms with Crippen molar-refractivity contribution < 1.29 is 9.13 Å². The molecule has 25 heavy (non-hydrogen) atoms. The summed E-state index contributed by atoms with van der Waals surface area (Å²) in [6.07, 6.45) is 3.24. The highest BCUT2D eigenvalue weighted by Crippen LogP contribution is 2.22. The summed E-state index contributed by atoms with van der Waals surface area (Å²) in [7, 11) is 0. The molecule has 0 N–H and O–H groups in total. The van der Waals surface area contributed by atoms with Crippen LogP contribution in [-0.4, -0.2) is 67.4 Å². The quantitative estimate of drug-likeness (QED) is 0.828. The number of ether oxygens (including phenoxy) is 1. The first-order chi connectivity index (χ1) is 12.3. The molecule has 0 aliphatic carbocycles. The van der Waals surface area contributed by atoms with Crippen molar-refractivity contribution >= 4 is 17.5 Å². The van der Waals surface area contributed by atoms with Crippen molar-refractivity contribution in [3.8, 4) is 0 Å². The highest BCUT2D eigenvalue weighted by atomic mass is 19.1. The zero-order valence-corrected chi connectivity index (χ0v) is 14.0. The third kappa shape index (κ3) is 3.48. The van der Waals surface area contributed by atoms with Gasteiger partial charge in [0.05, 0.1) is 13.2 Å². The molecule has 2 fully saturated rings. The summed E-state index contributed by atoms with van der Waals surface area (Å²) in [4.78, 5) is 19.4. The second kappa shape index (κ2) is 7.18. The number of morpholine rings is 1. The van der Waals surface area contributed by atoms with Crippen molar-refractivity contribution in [2.24, 2.45) is 0 Å². The van der Waals surface area contributed by atoms with Crippen LogP contribution in [0, 0.1) is 5.82 Å². The molecule has 2 aliphatic rings. The van der Waals surface area contributed by atoms with Crippen LogP contribution in [0.2, 0.25) is 0 Å². The summed E-state index contributed by atoms with van der Waals surface area (Å²) in [6, 6.07) is 5.10. The van der Waals surface area contributed by atoms with Crippen molar-refractivity contribution in [2.45, 2.75) is 0 Å². The van der Waals surface area contributed by atoms with Crippen molar-refractivity contribution in [1.82, 2.24) is 15.0 Å². The van der Waals surface area contributed by atoms with Crippen LogP contribution in [0.25, 0.3) is 0 Å². The highest BCUT2D eigenvalue weighted by molar-refractivity contribution is 5.52. The Morgan fingerprint density at radius 3 is 2.16 bits per heavy atom. The van der Waals surface area contributed by atoms with Crippen LogP contribution in [0.3, 0.4) is 0 Å². The smallest absolute Gasteiger partial charge is 0.165 e. The number of halogens is 1. The van der Waals surface area contributed by atoms with Gasteiger partial charge in [0.25, 0.3) is 0 Å². The molecular weight excluding hydrogens is 323 g/mol. The van der Waals surface area contributed by atoms with Gasteiger partial charge in [0.1, 0.15) is 18.0 Å². The van der Waals surface area contributed by atoms with E-state index in [0.717, 1.165) is 51.0 Å².